The van der Waals surface area contributed by atoms with E-state index in [2.05, 4.69) is 32.7 Å². The molecule has 0 heterocycles. The van der Waals surface area contributed by atoms with Gasteiger partial charge in [-0.3, -0.25) is 10.3 Å². The van der Waals surface area contributed by atoms with Gasteiger partial charge in [-0.25, -0.2) is 0 Å². The summed E-state index contributed by atoms with van der Waals surface area (Å²) in [6.07, 6.45) is 6.00. The zero-order chi connectivity index (χ0) is 12.3. The fourth-order valence-electron chi connectivity index (χ4n) is 2.77. The first-order valence-electron chi connectivity index (χ1n) is 6.43. The van der Waals surface area contributed by atoms with Crippen molar-refractivity contribution >= 4 is 5.84 Å². The molecule has 3 N–H and O–H groups in total. The molecule has 0 aromatic rings. The van der Waals surface area contributed by atoms with Gasteiger partial charge < -0.3 is 5.73 Å². The summed E-state index contributed by atoms with van der Waals surface area (Å²) in [6.45, 7) is 6.81. The predicted molar refractivity (Wildman–Crippen MR) is 69.8 cm³/mol. The van der Waals surface area contributed by atoms with Crippen LogP contribution in [-0.2, 0) is 0 Å². The third-order valence-corrected chi connectivity index (χ3v) is 4.12. The summed E-state index contributed by atoms with van der Waals surface area (Å²) in [5, 5.41) is 7.61. The topological polar surface area (TPSA) is 53.1 Å². The molecule has 1 fully saturated rings. The molecule has 1 unspecified atom stereocenters. The van der Waals surface area contributed by atoms with Gasteiger partial charge in [0, 0.05) is 6.04 Å². The van der Waals surface area contributed by atoms with E-state index in [-0.39, 0.29) is 6.04 Å². The number of nitrogens with two attached hydrogens (primary N) is 1. The molecule has 3 heteroatoms. The summed E-state index contributed by atoms with van der Waals surface area (Å²) in [7, 11) is 2.12. The first-order valence-corrected chi connectivity index (χ1v) is 6.43. The van der Waals surface area contributed by atoms with Crippen LogP contribution in [0.2, 0.25) is 0 Å². The zero-order valence-corrected chi connectivity index (χ0v) is 11.2. The van der Waals surface area contributed by atoms with E-state index in [0.29, 0.717) is 17.3 Å². The molecule has 16 heavy (non-hydrogen) atoms. The smallest absolute Gasteiger partial charge is 0.108 e. The summed E-state index contributed by atoms with van der Waals surface area (Å²) in [5.74, 6) is 0.315. The molecule has 1 saturated carbocycles. The number of likely N-dealkylation sites (N-methyl/N-ethyl adjacent to an activating group) is 1. The van der Waals surface area contributed by atoms with E-state index >= 15 is 0 Å². The molecule has 0 aromatic heterocycles. The quantitative estimate of drug-likeness (QED) is 0.571. The number of amidine groups is 1. The Bertz CT molecular complexity index is 238. The summed E-state index contributed by atoms with van der Waals surface area (Å²) < 4.78 is 0. The lowest BCUT2D eigenvalue weighted by atomic mass is 9.75. The molecule has 0 spiro atoms. The second-order valence-electron chi connectivity index (χ2n) is 5.94. The molecule has 0 aliphatic heterocycles. The lowest BCUT2D eigenvalue weighted by Crippen LogP contribution is -2.48. The van der Waals surface area contributed by atoms with Crippen LogP contribution >= 0.6 is 0 Å². The maximum absolute atomic E-state index is 7.61. The molecule has 1 rings (SSSR count). The maximum Gasteiger partial charge on any atom is 0.108 e. The first kappa shape index (κ1) is 13.5. The van der Waals surface area contributed by atoms with Crippen molar-refractivity contribution in [2.45, 2.75) is 65.0 Å². The van der Waals surface area contributed by atoms with Gasteiger partial charge in [-0.1, -0.05) is 20.8 Å². The second kappa shape index (κ2) is 5.17. The number of nitrogens with zero attached hydrogens (tertiary/aromatic N) is 1. The van der Waals surface area contributed by atoms with Crippen LogP contribution in [0.3, 0.4) is 0 Å². The van der Waals surface area contributed by atoms with Crippen molar-refractivity contribution in [1.29, 1.82) is 5.41 Å². The van der Waals surface area contributed by atoms with Crippen molar-refractivity contribution in [1.82, 2.24) is 4.90 Å². The van der Waals surface area contributed by atoms with E-state index < -0.39 is 0 Å². The summed E-state index contributed by atoms with van der Waals surface area (Å²) in [5.41, 5.74) is 6.16. The minimum atomic E-state index is 0.131. The van der Waals surface area contributed by atoms with E-state index in [0.717, 1.165) is 6.42 Å². The number of hydrogen-bond acceptors (Lipinski definition) is 2. The Morgan fingerprint density at radius 2 is 1.94 bits per heavy atom. The minimum Gasteiger partial charge on any atom is -0.386 e. The van der Waals surface area contributed by atoms with E-state index in [4.69, 9.17) is 11.1 Å². The zero-order valence-electron chi connectivity index (χ0n) is 11.2. The van der Waals surface area contributed by atoms with Crippen LogP contribution < -0.4 is 5.73 Å². The monoisotopic (exact) mass is 225 g/mol. The summed E-state index contributed by atoms with van der Waals surface area (Å²) in [4.78, 5) is 2.32. The van der Waals surface area contributed by atoms with E-state index in [1.165, 1.54) is 25.7 Å². The molecule has 94 valence electrons. The van der Waals surface area contributed by atoms with Crippen LogP contribution in [0, 0.1) is 10.8 Å². The third-order valence-electron chi connectivity index (χ3n) is 4.12. The molecule has 0 aromatic carbocycles. The molecule has 0 saturated heterocycles. The lowest BCUT2D eigenvalue weighted by molar-refractivity contribution is 0.112. The van der Waals surface area contributed by atoms with Crippen molar-refractivity contribution in [2.24, 2.45) is 11.1 Å². The van der Waals surface area contributed by atoms with Crippen LogP contribution in [-0.4, -0.2) is 29.9 Å². The van der Waals surface area contributed by atoms with Gasteiger partial charge in [-0.2, -0.15) is 0 Å². The van der Waals surface area contributed by atoms with Gasteiger partial charge in [0.15, 0.2) is 0 Å². The van der Waals surface area contributed by atoms with Crippen LogP contribution in [0.15, 0.2) is 0 Å². The lowest BCUT2D eigenvalue weighted by Gasteiger charge is -2.41. The van der Waals surface area contributed by atoms with Gasteiger partial charge in [-0.05, 0) is 44.6 Å². The Hall–Kier alpha value is -0.570. The Morgan fingerprint density at radius 1 is 1.44 bits per heavy atom. The third kappa shape index (κ3) is 3.21. The van der Waals surface area contributed by atoms with Gasteiger partial charge in [0.2, 0.25) is 0 Å². The van der Waals surface area contributed by atoms with Crippen LogP contribution in [0.25, 0.3) is 0 Å². The highest BCUT2D eigenvalue weighted by Crippen LogP contribution is 2.37. The summed E-state index contributed by atoms with van der Waals surface area (Å²) in [6, 6.07) is 0.744. The molecule has 1 aliphatic rings. The molecular formula is C13H27N3. The second-order valence-corrected chi connectivity index (χ2v) is 5.94. The van der Waals surface area contributed by atoms with Gasteiger partial charge in [-0.15, -0.1) is 0 Å². The maximum atomic E-state index is 7.61. The van der Waals surface area contributed by atoms with Crippen LogP contribution in [0.5, 0.6) is 0 Å². The number of hydrogen-bond donors (Lipinski definition) is 2. The molecule has 1 atom stereocenters. The standard InChI is InChI=1S/C13H27N3/c1-5-11(12(14)15)16(4)10-6-8-13(2,3)9-7-10/h10-11H,5-9H2,1-4H3,(H3,14,15). The average molecular weight is 225 g/mol. The van der Waals surface area contributed by atoms with E-state index in [1.807, 2.05) is 0 Å². The van der Waals surface area contributed by atoms with Crippen molar-refractivity contribution in [3.63, 3.8) is 0 Å². The Morgan fingerprint density at radius 3 is 2.31 bits per heavy atom. The molecule has 3 nitrogen and oxygen atoms in total. The van der Waals surface area contributed by atoms with Gasteiger partial charge >= 0.3 is 0 Å². The molecule has 0 bridgehead atoms. The number of rotatable bonds is 4. The highest BCUT2D eigenvalue weighted by molar-refractivity contribution is 5.82. The van der Waals surface area contributed by atoms with E-state index in [1.54, 1.807) is 0 Å². The molecule has 0 amide bonds. The van der Waals surface area contributed by atoms with Crippen molar-refractivity contribution in [2.75, 3.05) is 7.05 Å². The first-order chi connectivity index (χ1) is 7.37. The molecule has 0 radical (unpaired) electrons. The Balaban J connectivity index is 2.55. The van der Waals surface area contributed by atoms with Crippen molar-refractivity contribution in [3.05, 3.63) is 0 Å². The fraction of sp³-hybridized carbons (Fsp3) is 0.923. The van der Waals surface area contributed by atoms with Crippen LogP contribution in [0.4, 0.5) is 0 Å². The fourth-order valence-corrected chi connectivity index (χ4v) is 2.77. The highest BCUT2D eigenvalue weighted by atomic mass is 15.2. The van der Waals surface area contributed by atoms with Gasteiger partial charge in [0.05, 0.1) is 6.04 Å². The van der Waals surface area contributed by atoms with E-state index in [9.17, 15) is 0 Å². The highest BCUT2D eigenvalue weighted by Gasteiger charge is 2.31. The van der Waals surface area contributed by atoms with Crippen LogP contribution in [0.1, 0.15) is 52.9 Å². The van der Waals surface area contributed by atoms with Crippen molar-refractivity contribution in [3.8, 4) is 0 Å². The minimum absolute atomic E-state index is 0.131. The molecular weight excluding hydrogens is 198 g/mol. The average Bonchev–Trinajstić information content (AvgIpc) is 2.17. The Kier molecular flexibility index (Phi) is 4.36. The SMILES string of the molecule is CCC(C(=N)N)N(C)C1CCC(C)(C)CC1. The predicted octanol–water partition coefficient (Wildman–Crippen LogP) is 2.60. The number of nitrogens with one attached hydrogen (secondary N) is 1. The van der Waals surface area contributed by atoms with Gasteiger partial charge in [0.25, 0.3) is 0 Å². The summed E-state index contributed by atoms with van der Waals surface area (Å²) >= 11 is 0. The Labute approximate surface area is 99.9 Å². The largest absolute Gasteiger partial charge is 0.386 e. The van der Waals surface area contributed by atoms with Gasteiger partial charge in [0.1, 0.15) is 5.84 Å². The normalized spacial score (nSPS) is 23.3. The molecule has 1 aliphatic carbocycles. The van der Waals surface area contributed by atoms with Crippen molar-refractivity contribution < 1.29 is 0 Å².